The molecule has 0 fully saturated rings. The third-order valence-corrected chi connectivity index (χ3v) is 2.62. The molecule has 0 aliphatic rings. The molecule has 0 aromatic heterocycles. The van der Waals surface area contributed by atoms with E-state index in [9.17, 15) is 5.11 Å². The second kappa shape index (κ2) is 12.0. The fraction of sp³-hybridized carbons (Fsp3) is 1.00. The van der Waals surface area contributed by atoms with E-state index < -0.39 is 5.60 Å². The maximum absolute atomic E-state index is 9.19. The van der Waals surface area contributed by atoms with Gasteiger partial charge in [-0.2, -0.15) is 0 Å². The summed E-state index contributed by atoms with van der Waals surface area (Å²) in [5.74, 6) is 0. The van der Waals surface area contributed by atoms with E-state index in [2.05, 4.69) is 6.92 Å². The highest BCUT2D eigenvalue weighted by Crippen LogP contribution is 2.11. The highest BCUT2D eigenvalue weighted by atomic mass is 16.3. The van der Waals surface area contributed by atoms with Gasteiger partial charge in [-0.3, -0.25) is 0 Å². The molecule has 0 saturated heterocycles. The van der Waals surface area contributed by atoms with E-state index in [4.69, 9.17) is 10.2 Å². The molecule has 0 heterocycles. The molecule has 3 heteroatoms. The van der Waals surface area contributed by atoms with Crippen LogP contribution in [-0.4, -0.2) is 34.1 Å². The monoisotopic (exact) mass is 220 g/mol. The first-order valence-corrected chi connectivity index (χ1v) is 6.04. The van der Waals surface area contributed by atoms with Crippen molar-refractivity contribution in [2.75, 3.05) is 13.2 Å². The Morgan fingerprint density at radius 2 is 1.40 bits per heavy atom. The van der Waals surface area contributed by atoms with Crippen molar-refractivity contribution in [1.29, 1.82) is 0 Å². The number of hydrogen-bond donors (Lipinski definition) is 3. The van der Waals surface area contributed by atoms with Crippen LogP contribution >= 0.6 is 0 Å². The van der Waals surface area contributed by atoms with Gasteiger partial charge in [-0.15, -0.1) is 0 Å². The van der Waals surface area contributed by atoms with Crippen LogP contribution in [0.15, 0.2) is 0 Å². The Morgan fingerprint density at radius 3 is 1.60 bits per heavy atom. The quantitative estimate of drug-likeness (QED) is 0.576. The van der Waals surface area contributed by atoms with E-state index in [1.807, 2.05) is 13.8 Å². The van der Waals surface area contributed by atoms with Gasteiger partial charge in [0.1, 0.15) is 0 Å². The summed E-state index contributed by atoms with van der Waals surface area (Å²) >= 11 is 0. The summed E-state index contributed by atoms with van der Waals surface area (Å²) in [6, 6.07) is 0. The minimum atomic E-state index is -0.819. The van der Waals surface area contributed by atoms with Crippen LogP contribution < -0.4 is 0 Å². The third kappa shape index (κ3) is 11.8. The second-order valence-electron chi connectivity index (χ2n) is 3.87. The topological polar surface area (TPSA) is 60.7 Å². The van der Waals surface area contributed by atoms with Crippen LogP contribution in [0.4, 0.5) is 0 Å². The molecule has 0 aliphatic carbocycles. The fourth-order valence-corrected chi connectivity index (χ4v) is 1.01. The average Bonchev–Trinajstić information content (AvgIpc) is 2.30. The Bertz CT molecular complexity index is 99.2. The first kappa shape index (κ1) is 17.3. The van der Waals surface area contributed by atoms with E-state index in [0.29, 0.717) is 19.4 Å². The number of aliphatic hydroxyl groups is 3. The molecule has 0 rings (SSSR count). The Morgan fingerprint density at radius 1 is 0.867 bits per heavy atom. The highest BCUT2D eigenvalue weighted by molar-refractivity contribution is 4.72. The van der Waals surface area contributed by atoms with E-state index in [0.717, 1.165) is 6.42 Å². The molecule has 0 aromatic carbocycles. The zero-order chi connectivity index (χ0) is 12.2. The van der Waals surface area contributed by atoms with Gasteiger partial charge in [-0.05, 0) is 19.3 Å². The van der Waals surface area contributed by atoms with Gasteiger partial charge in [0.15, 0.2) is 0 Å². The number of unbranched alkanes of at least 4 members (excludes halogenated alkanes) is 3. The lowest BCUT2D eigenvalue weighted by atomic mass is 9.99. The Kier molecular flexibility index (Phi) is 13.8. The summed E-state index contributed by atoms with van der Waals surface area (Å²) in [5.41, 5.74) is -0.819. The summed E-state index contributed by atoms with van der Waals surface area (Å²) in [6.45, 7) is 6.12. The van der Waals surface area contributed by atoms with Crippen LogP contribution in [0.5, 0.6) is 0 Å². The summed E-state index contributed by atoms with van der Waals surface area (Å²) in [5, 5.41) is 26.0. The van der Waals surface area contributed by atoms with Gasteiger partial charge < -0.3 is 15.3 Å². The van der Waals surface area contributed by atoms with Gasteiger partial charge >= 0.3 is 0 Å². The van der Waals surface area contributed by atoms with E-state index in [1.54, 1.807) is 0 Å². The van der Waals surface area contributed by atoms with Crippen LogP contribution in [0, 0.1) is 0 Å². The molecule has 0 amide bonds. The van der Waals surface area contributed by atoms with Crippen LogP contribution in [0.1, 0.15) is 59.3 Å². The number of aliphatic hydroxyl groups excluding tert-OH is 2. The van der Waals surface area contributed by atoms with Crippen molar-refractivity contribution in [2.24, 2.45) is 0 Å². The number of rotatable bonds is 7. The minimum absolute atomic E-state index is 0.125. The molecule has 3 N–H and O–H groups in total. The third-order valence-electron chi connectivity index (χ3n) is 2.62. The maximum atomic E-state index is 9.19. The predicted octanol–water partition coefficient (Wildman–Crippen LogP) is 2.09. The zero-order valence-corrected chi connectivity index (χ0v) is 10.5. The standard InChI is InChI=1S/C6H14O2.C6H14O/c1-3-6(8,4-2)5-7;1-2-3-4-5-6-7/h7-8H,3-5H2,1-2H3;7H,2-6H2,1H3. The largest absolute Gasteiger partial charge is 0.396 e. The molecule has 0 atom stereocenters. The molecule has 0 spiro atoms. The molecule has 0 unspecified atom stereocenters. The van der Waals surface area contributed by atoms with Crippen LogP contribution in [0.25, 0.3) is 0 Å². The molecule has 0 aliphatic heterocycles. The van der Waals surface area contributed by atoms with E-state index >= 15 is 0 Å². The SMILES string of the molecule is CCC(O)(CC)CO.CCCCCCO. The summed E-state index contributed by atoms with van der Waals surface area (Å²) in [6.07, 6.45) is 5.93. The molecule has 0 bridgehead atoms. The van der Waals surface area contributed by atoms with Crippen LogP contribution in [-0.2, 0) is 0 Å². The Hall–Kier alpha value is -0.120. The molecule has 15 heavy (non-hydrogen) atoms. The molecule has 0 aromatic rings. The zero-order valence-electron chi connectivity index (χ0n) is 10.5. The van der Waals surface area contributed by atoms with E-state index in [-0.39, 0.29) is 6.61 Å². The van der Waals surface area contributed by atoms with Crippen molar-refractivity contribution in [3.05, 3.63) is 0 Å². The lowest BCUT2D eigenvalue weighted by molar-refractivity contribution is -0.0203. The highest BCUT2D eigenvalue weighted by Gasteiger charge is 2.19. The summed E-state index contributed by atoms with van der Waals surface area (Å²) < 4.78 is 0. The van der Waals surface area contributed by atoms with Crippen molar-refractivity contribution in [1.82, 2.24) is 0 Å². The smallest absolute Gasteiger partial charge is 0.0872 e. The summed E-state index contributed by atoms with van der Waals surface area (Å²) in [4.78, 5) is 0. The Labute approximate surface area is 94.1 Å². The molecule has 94 valence electrons. The lowest BCUT2D eigenvalue weighted by Crippen LogP contribution is -2.30. The number of hydrogen-bond acceptors (Lipinski definition) is 3. The van der Waals surface area contributed by atoms with Gasteiger partial charge in [-0.25, -0.2) is 0 Å². The van der Waals surface area contributed by atoms with Gasteiger partial charge in [0, 0.05) is 6.61 Å². The average molecular weight is 220 g/mol. The van der Waals surface area contributed by atoms with Crippen molar-refractivity contribution >= 4 is 0 Å². The van der Waals surface area contributed by atoms with Crippen molar-refractivity contribution < 1.29 is 15.3 Å². The lowest BCUT2D eigenvalue weighted by Gasteiger charge is -2.21. The van der Waals surface area contributed by atoms with Gasteiger partial charge in [0.05, 0.1) is 12.2 Å². The van der Waals surface area contributed by atoms with Gasteiger partial charge in [-0.1, -0.05) is 40.0 Å². The van der Waals surface area contributed by atoms with Crippen LogP contribution in [0.2, 0.25) is 0 Å². The van der Waals surface area contributed by atoms with Crippen molar-refractivity contribution in [2.45, 2.75) is 64.9 Å². The predicted molar refractivity (Wildman–Crippen MR) is 63.8 cm³/mol. The fourth-order valence-electron chi connectivity index (χ4n) is 1.01. The minimum Gasteiger partial charge on any atom is -0.396 e. The molecular formula is C12H28O3. The molecule has 0 radical (unpaired) electrons. The summed E-state index contributed by atoms with van der Waals surface area (Å²) in [7, 11) is 0. The maximum Gasteiger partial charge on any atom is 0.0872 e. The van der Waals surface area contributed by atoms with Gasteiger partial charge in [0.25, 0.3) is 0 Å². The van der Waals surface area contributed by atoms with Crippen molar-refractivity contribution in [3.63, 3.8) is 0 Å². The second-order valence-corrected chi connectivity index (χ2v) is 3.87. The van der Waals surface area contributed by atoms with E-state index in [1.165, 1.54) is 19.3 Å². The first-order chi connectivity index (χ1) is 7.10. The molecular weight excluding hydrogens is 192 g/mol. The normalized spacial score (nSPS) is 10.8. The first-order valence-electron chi connectivity index (χ1n) is 6.04. The van der Waals surface area contributed by atoms with Crippen LogP contribution in [0.3, 0.4) is 0 Å². The Balaban J connectivity index is 0. The molecule has 0 saturated carbocycles. The molecule has 3 nitrogen and oxygen atoms in total. The van der Waals surface area contributed by atoms with Crippen molar-refractivity contribution in [3.8, 4) is 0 Å². The van der Waals surface area contributed by atoms with Gasteiger partial charge in [0.2, 0.25) is 0 Å².